The third-order valence-corrected chi connectivity index (χ3v) is 7.26. The van der Waals surface area contributed by atoms with Crippen molar-refractivity contribution in [1.82, 2.24) is 0 Å². The molecule has 0 aliphatic heterocycles. The van der Waals surface area contributed by atoms with E-state index in [0.29, 0.717) is 9.75 Å². The highest BCUT2D eigenvalue weighted by Crippen LogP contribution is 2.34. The molecule has 0 N–H and O–H groups in total. The molecule has 37 heavy (non-hydrogen) atoms. The number of rotatable bonds is 5. The lowest BCUT2D eigenvalue weighted by atomic mass is 10.1. The first-order chi connectivity index (χ1) is 18.2. The number of thiophene rings is 2. The van der Waals surface area contributed by atoms with E-state index in [2.05, 4.69) is 65.0 Å². The van der Waals surface area contributed by atoms with Gasteiger partial charge >= 0.3 is 0 Å². The Balaban J connectivity index is 1.41. The predicted octanol–water partition coefficient (Wildman–Crippen LogP) is 7.70. The SMILES string of the molecule is O=Cc1ccc(C#Cc2ccc(N(c3ccccc3)c3ccc(C#Cc4ccc(C=O)s4)cc3)cc2)s1. The van der Waals surface area contributed by atoms with Crippen LogP contribution >= 0.6 is 22.7 Å². The minimum absolute atomic E-state index is 0.675. The minimum atomic E-state index is 0.675. The van der Waals surface area contributed by atoms with Crippen LogP contribution in [0.4, 0.5) is 17.1 Å². The van der Waals surface area contributed by atoms with Crippen LogP contribution in [0.1, 0.15) is 40.2 Å². The summed E-state index contributed by atoms with van der Waals surface area (Å²) in [5.74, 6) is 12.6. The maximum absolute atomic E-state index is 10.9. The van der Waals surface area contributed by atoms with E-state index in [-0.39, 0.29) is 0 Å². The molecule has 0 spiro atoms. The van der Waals surface area contributed by atoms with E-state index in [1.54, 1.807) is 12.1 Å². The van der Waals surface area contributed by atoms with Gasteiger partial charge in [0, 0.05) is 28.2 Å². The highest BCUT2D eigenvalue weighted by molar-refractivity contribution is 7.14. The van der Waals surface area contributed by atoms with E-state index < -0.39 is 0 Å². The summed E-state index contributed by atoms with van der Waals surface area (Å²) in [6, 6.07) is 33.7. The first-order valence-electron chi connectivity index (χ1n) is 11.4. The fourth-order valence-corrected chi connectivity index (χ4v) is 5.00. The fourth-order valence-electron chi connectivity index (χ4n) is 3.65. The van der Waals surface area contributed by atoms with Gasteiger partial charge in [-0.1, -0.05) is 41.9 Å². The van der Waals surface area contributed by atoms with Crippen LogP contribution in [0.3, 0.4) is 0 Å². The Bertz CT molecular complexity index is 1550. The monoisotopic (exact) mass is 513 g/mol. The van der Waals surface area contributed by atoms with Gasteiger partial charge in [0.15, 0.2) is 12.6 Å². The lowest BCUT2D eigenvalue weighted by molar-refractivity contribution is 0.111. The molecule has 0 bridgehead atoms. The Morgan fingerprint density at radius 2 is 0.919 bits per heavy atom. The molecule has 0 unspecified atom stereocenters. The molecule has 0 atom stereocenters. The molecule has 3 nitrogen and oxygen atoms in total. The topological polar surface area (TPSA) is 37.4 Å². The fraction of sp³-hybridized carbons (Fsp3) is 0. The zero-order chi connectivity index (χ0) is 25.5. The highest BCUT2D eigenvalue weighted by Gasteiger charge is 2.12. The van der Waals surface area contributed by atoms with Gasteiger partial charge in [-0.2, -0.15) is 0 Å². The van der Waals surface area contributed by atoms with Gasteiger partial charge in [0.2, 0.25) is 0 Å². The largest absolute Gasteiger partial charge is 0.311 e. The van der Waals surface area contributed by atoms with Gasteiger partial charge in [-0.15, -0.1) is 22.7 Å². The van der Waals surface area contributed by atoms with Gasteiger partial charge in [0.05, 0.1) is 19.5 Å². The number of anilines is 3. The second-order valence-electron chi connectivity index (χ2n) is 7.90. The minimum Gasteiger partial charge on any atom is -0.311 e. The van der Waals surface area contributed by atoms with Gasteiger partial charge in [-0.25, -0.2) is 0 Å². The van der Waals surface area contributed by atoms with E-state index in [1.807, 2.05) is 54.6 Å². The van der Waals surface area contributed by atoms with Crippen molar-refractivity contribution in [3.05, 3.63) is 134 Å². The third kappa shape index (κ3) is 5.94. The molecule has 0 aliphatic rings. The van der Waals surface area contributed by atoms with E-state index in [9.17, 15) is 9.59 Å². The van der Waals surface area contributed by atoms with Crippen molar-refractivity contribution in [3.63, 3.8) is 0 Å². The second-order valence-corrected chi connectivity index (χ2v) is 10.1. The summed E-state index contributed by atoms with van der Waals surface area (Å²) in [6.07, 6.45) is 1.69. The number of nitrogens with zero attached hydrogens (tertiary/aromatic N) is 1. The summed E-state index contributed by atoms with van der Waals surface area (Å²) in [5, 5.41) is 0. The second kappa shape index (κ2) is 11.4. The molecule has 2 aromatic heterocycles. The van der Waals surface area contributed by atoms with Crippen LogP contribution in [0.15, 0.2) is 103 Å². The van der Waals surface area contributed by atoms with Crippen molar-refractivity contribution in [2.45, 2.75) is 0 Å². The molecular formula is C32H19NO2S2. The molecule has 0 amide bonds. The third-order valence-electron chi connectivity index (χ3n) is 5.41. The number of carbonyl (C=O) groups is 2. The van der Waals surface area contributed by atoms with Gasteiger partial charge in [-0.3, -0.25) is 9.59 Å². The predicted molar refractivity (Wildman–Crippen MR) is 152 cm³/mol. The average molecular weight is 514 g/mol. The van der Waals surface area contributed by atoms with E-state index >= 15 is 0 Å². The zero-order valence-corrected chi connectivity index (χ0v) is 21.2. The van der Waals surface area contributed by atoms with Crippen LogP contribution in [-0.4, -0.2) is 12.6 Å². The number of carbonyl (C=O) groups excluding carboxylic acids is 2. The summed E-state index contributed by atoms with van der Waals surface area (Å²) >= 11 is 2.77. The zero-order valence-electron chi connectivity index (χ0n) is 19.5. The lowest BCUT2D eigenvalue weighted by Gasteiger charge is -2.25. The van der Waals surface area contributed by atoms with Crippen LogP contribution in [0.5, 0.6) is 0 Å². The van der Waals surface area contributed by atoms with Crippen LogP contribution in [0, 0.1) is 23.7 Å². The van der Waals surface area contributed by atoms with Crippen molar-refractivity contribution in [2.24, 2.45) is 0 Å². The van der Waals surface area contributed by atoms with Gasteiger partial charge in [-0.05, 0) is 84.9 Å². The van der Waals surface area contributed by atoms with Crippen molar-refractivity contribution >= 4 is 52.3 Å². The Morgan fingerprint density at radius 3 is 1.32 bits per heavy atom. The smallest absolute Gasteiger partial charge is 0.160 e. The van der Waals surface area contributed by atoms with Crippen molar-refractivity contribution in [1.29, 1.82) is 0 Å². The maximum Gasteiger partial charge on any atom is 0.160 e. The number of hydrogen-bond donors (Lipinski definition) is 0. The Morgan fingerprint density at radius 1 is 0.486 bits per heavy atom. The molecule has 176 valence electrons. The first-order valence-corrected chi connectivity index (χ1v) is 13.0. The summed E-state index contributed by atoms with van der Waals surface area (Å²) in [7, 11) is 0. The highest BCUT2D eigenvalue weighted by atomic mass is 32.1. The number of hydrogen-bond acceptors (Lipinski definition) is 5. The lowest BCUT2D eigenvalue weighted by Crippen LogP contribution is -2.09. The molecular weight excluding hydrogens is 494 g/mol. The number of aldehydes is 2. The molecule has 0 radical (unpaired) electrons. The quantitative estimate of drug-likeness (QED) is 0.178. The van der Waals surface area contributed by atoms with Crippen LogP contribution < -0.4 is 4.90 Å². The number of benzene rings is 3. The molecule has 0 aliphatic carbocycles. The molecule has 5 heteroatoms. The molecule has 0 fully saturated rings. The van der Waals surface area contributed by atoms with E-state index in [1.165, 1.54) is 22.7 Å². The summed E-state index contributed by atoms with van der Waals surface area (Å²) in [5.41, 5.74) is 4.86. The van der Waals surface area contributed by atoms with Crippen molar-refractivity contribution < 1.29 is 9.59 Å². The number of para-hydroxylation sites is 1. The van der Waals surface area contributed by atoms with Crippen molar-refractivity contribution in [2.75, 3.05) is 4.90 Å². The van der Waals surface area contributed by atoms with Gasteiger partial charge in [0.25, 0.3) is 0 Å². The van der Waals surface area contributed by atoms with E-state index in [0.717, 1.165) is 50.5 Å². The summed E-state index contributed by atoms with van der Waals surface area (Å²) in [4.78, 5) is 27.0. The molecule has 5 rings (SSSR count). The molecule has 0 saturated carbocycles. The first kappa shape index (κ1) is 24.0. The molecule has 2 heterocycles. The molecule has 5 aromatic rings. The molecule has 0 saturated heterocycles. The average Bonchev–Trinajstić information content (AvgIpc) is 3.62. The van der Waals surface area contributed by atoms with Gasteiger partial charge < -0.3 is 4.90 Å². The summed E-state index contributed by atoms with van der Waals surface area (Å²) < 4.78 is 0. The standard InChI is InChI=1S/C32H19NO2S2/c34-22-31-20-18-29(36-31)16-10-24-6-12-27(13-7-24)33(26-4-2-1-3-5-26)28-14-8-25(9-15-28)11-17-30-19-21-32(23-35)37-30/h1-9,12-15,18-23H. The van der Waals surface area contributed by atoms with Crippen LogP contribution in [0.25, 0.3) is 0 Å². The van der Waals surface area contributed by atoms with Crippen LogP contribution in [-0.2, 0) is 0 Å². The van der Waals surface area contributed by atoms with Gasteiger partial charge in [0.1, 0.15) is 0 Å². The summed E-state index contributed by atoms with van der Waals surface area (Å²) in [6.45, 7) is 0. The Kier molecular flexibility index (Phi) is 7.39. The van der Waals surface area contributed by atoms with E-state index in [4.69, 9.17) is 0 Å². The normalized spacial score (nSPS) is 9.95. The maximum atomic E-state index is 10.9. The van der Waals surface area contributed by atoms with Crippen molar-refractivity contribution in [3.8, 4) is 23.7 Å². The Hall–Kier alpha value is -4.68. The molecule has 3 aromatic carbocycles. The van der Waals surface area contributed by atoms with Crippen LogP contribution in [0.2, 0.25) is 0 Å². The Labute approximate surface area is 223 Å².